The summed E-state index contributed by atoms with van der Waals surface area (Å²) in [5, 5.41) is 2.69. The van der Waals surface area contributed by atoms with Crippen molar-refractivity contribution in [1.82, 2.24) is 0 Å². The van der Waals surface area contributed by atoms with Gasteiger partial charge < -0.3 is 4.74 Å². The number of ketones is 1. The number of rotatable bonds is 3. The monoisotopic (exact) mass is 261 g/mol. The lowest BCUT2D eigenvalue weighted by Crippen LogP contribution is -2.18. The third-order valence-corrected chi connectivity index (χ3v) is 3.06. The zero-order chi connectivity index (χ0) is 13.8. The Morgan fingerprint density at radius 1 is 1.32 bits per heavy atom. The standard InChI is InChI=1S/C15H19NO3/c1-10(2)9-19-15(18)16-13-5-3-11-4-6-14(17)8-12(11)7-13/h3,5,7,10H,4,6,8-9H2,1-2H3,(H,16,18). The van der Waals surface area contributed by atoms with Gasteiger partial charge in [-0.3, -0.25) is 10.1 Å². The number of Topliss-reactive ketones (excluding diaryl/α,β-unsaturated/α-hetero) is 1. The summed E-state index contributed by atoms with van der Waals surface area (Å²) in [6.45, 7) is 4.37. The van der Waals surface area contributed by atoms with Gasteiger partial charge in [0.05, 0.1) is 6.61 Å². The second-order valence-corrected chi connectivity index (χ2v) is 5.32. The lowest BCUT2D eigenvalue weighted by atomic mass is 9.90. The smallest absolute Gasteiger partial charge is 0.411 e. The zero-order valence-corrected chi connectivity index (χ0v) is 11.4. The first-order chi connectivity index (χ1) is 9.04. The second kappa shape index (κ2) is 5.87. The van der Waals surface area contributed by atoms with Gasteiger partial charge in [0.1, 0.15) is 5.78 Å². The van der Waals surface area contributed by atoms with Crippen LogP contribution in [0.5, 0.6) is 0 Å². The van der Waals surface area contributed by atoms with Gasteiger partial charge in [0.15, 0.2) is 0 Å². The molecule has 1 aliphatic rings. The molecule has 1 N–H and O–H groups in total. The van der Waals surface area contributed by atoms with Crippen LogP contribution in [0.4, 0.5) is 10.5 Å². The van der Waals surface area contributed by atoms with E-state index >= 15 is 0 Å². The van der Waals surface area contributed by atoms with Crippen LogP contribution in [0.3, 0.4) is 0 Å². The van der Waals surface area contributed by atoms with Gasteiger partial charge in [-0.15, -0.1) is 0 Å². The molecule has 0 aliphatic heterocycles. The molecule has 0 unspecified atom stereocenters. The fourth-order valence-corrected chi connectivity index (χ4v) is 2.08. The lowest BCUT2D eigenvalue weighted by Gasteiger charge is -2.16. The quantitative estimate of drug-likeness (QED) is 0.910. The fraction of sp³-hybridized carbons (Fsp3) is 0.467. The predicted octanol–water partition coefficient (Wildman–Crippen LogP) is 2.95. The molecule has 0 spiro atoms. The van der Waals surface area contributed by atoms with E-state index in [9.17, 15) is 9.59 Å². The van der Waals surface area contributed by atoms with Crippen molar-refractivity contribution in [3.8, 4) is 0 Å². The molecule has 4 heteroatoms. The summed E-state index contributed by atoms with van der Waals surface area (Å²) < 4.78 is 5.06. The molecule has 0 aromatic heterocycles. The van der Waals surface area contributed by atoms with E-state index in [0.717, 1.165) is 12.0 Å². The number of benzene rings is 1. The Morgan fingerprint density at radius 3 is 2.84 bits per heavy atom. The van der Waals surface area contributed by atoms with Crippen molar-refractivity contribution in [2.75, 3.05) is 11.9 Å². The summed E-state index contributed by atoms with van der Waals surface area (Å²) in [7, 11) is 0. The van der Waals surface area contributed by atoms with Crippen LogP contribution in [0.15, 0.2) is 18.2 Å². The Labute approximate surface area is 113 Å². The SMILES string of the molecule is CC(C)COC(=O)Nc1ccc2c(c1)CC(=O)CC2. The van der Waals surface area contributed by atoms with Crippen molar-refractivity contribution in [2.24, 2.45) is 5.92 Å². The molecule has 1 amide bonds. The van der Waals surface area contributed by atoms with Gasteiger partial charge in [-0.05, 0) is 35.6 Å². The van der Waals surface area contributed by atoms with Gasteiger partial charge in [-0.1, -0.05) is 19.9 Å². The van der Waals surface area contributed by atoms with Crippen molar-refractivity contribution >= 4 is 17.6 Å². The molecular weight excluding hydrogens is 242 g/mol. The largest absolute Gasteiger partial charge is 0.449 e. The van der Waals surface area contributed by atoms with Gasteiger partial charge in [0.2, 0.25) is 0 Å². The van der Waals surface area contributed by atoms with Gasteiger partial charge in [0.25, 0.3) is 0 Å². The van der Waals surface area contributed by atoms with Crippen LogP contribution < -0.4 is 5.32 Å². The zero-order valence-electron chi connectivity index (χ0n) is 11.4. The first kappa shape index (κ1) is 13.6. The number of hydrogen-bond donors (Lipinski definition) is 1. The van der Waals surface area contributed by atoms with Crippen LogP contribution in [-0.2, 0) is 22.4 Å². The normalized spacial score (nSPS) is 14.2. The Kier molecular flexibility index (Phi) is 4.20. The highest BCUT2D eigenvalue weighted by atomic mass is 16.5. The van der Waals surface area contributed by atoms with E-state index in [1.165, 1.54) is 5.56 Å². The Hall–Kier alpha value is -1.84. The maximum absolute atomic E-state index is 11.5. The number of carbonyl (C=O) groups is 2. The third-order valence-electron chi connectivity index (χ3n) is 3.06. The Balaban J connectivity index is 2.00. The van der Waals surface area contributed by atoms with E-state index in [1.54, 1.807) is 0 Å². The molecule has 0 heterocycles. The van der Waals surface area contributed by atoms with Crippen molar-refractivity contribution in [2.45, 2.75) is 33.1 Å². The number of anilines is 1. The number of hydrogen-bond acceptors (Lipinski definition) is 3. The molecule has 0 fully saturated rings. The second-order valence-electron chi connectivity index (χ2n) is 5.32. The summed E-state index contributed by atoms with van der Waals surface area (Å²) in [4.78, 5) is 23.0. The maximum Gasteiger partial charge on any atom is 0.411 e. The molecule has 1 aromatic rings. The van der Waals surface area contributed by atoms with E-state index in [2.05, 4.69) is 5.32 Å². The molecule has 0 bridgehead atoms. The molecule has 2 rings (SSSR count). The minimum absolute atomic E-state index is 0.257. The summed E-state index contributed by atoms with van der Waals surface area (Å²) >= 11 is 0. The molecular formula is C15H19NO3. The molecule has 0 radical (unpaired) electrons. The van der Waals surface area contributed by atoms with E-state index in [1.807, 2.05) is 32.0 Å². The first-order valence-corrected chi connectivity index (χ1v) is 6.62. The summed E-state index contributed by atoms with van der Waals surface area (Å²) in [5.74, 6) is 0.568. The van der Waals surface area contributed by atoms with Crippen LogP contribution in [0.25, 0.3) is 0 Å². The summed E-state index contributed by atoms with van der Waals surface area (Å²) in [6, 6.07) is 5.69. The maximum atomic E-state index is 11.5. The highest BCUT2D eigenvalue weighted by Gasteiger charge is 2.16. The number of nitrogens with one attached hydrogen (secondary N) is 1. The lowest BCUT2D eigenvalue weighted by molar-refractivity contribution is -0.118. The van der Waals surface area contributed by atoms with Crippen LogP contribution in [0, 0.1) is 5.92 Å². The van der Waals surface area contributed by atoms with Crippen LogP contribution in [-0.4, -0.2) is 18.5 Å². The van der Waals surface area contributed by atoms with Gasteiger partial charge in [-0.25, -0.2) is 4.79 Å². The van der Waals surface area contributed by atoms with Crippen molar-refractivity contribution in [1.29, 1.82) is 0 Å². The van der Waals surface area contributed by atoms with Crippen LogP contribution >= 0.6 is 0 Å². The number of amides is 1. The molecule has 0 saturated heterocycles. The summed E-state index contributed by atoms with van der Waals surface area (Å²) in [5.41, 5.74) is 2.89. The summed E-state index contributed by atoms with van der Waals surface area (Å²) in [6.07, 6.45) is 1.43. The average Bonchev–Trinajstić information content (AvgIpc) is 2.36. The molecule has 1 aliphatic carbocycles. The van der Waals surface area contributed by atoms with Gasteiger partial charge in [-0.2, -0.15) is 0 Å². The topological polar surface area (TPSA) is 55.4 Å². The Morgan fingerprint density at radius 2 is 2.11 bits per heavy atom. The van der Waals surface area contributed by atoms with Crippen molar-refractivity contribution in [3.05, 3.63) is 29.3 Å². The highest BCUT2D eigenvalue weighted by molar-refractivity contribution is 5.87. The van der Waals surface area contributed by atoms with Gasteiger partial charge in [0, 0.05) is 18.5 Å². The van der Waals surface area contributed by atoms with Crippen molar-refractivity contribution in [3.63, 3.8) is 0 Å². The van der Waals surface area contributed by atoms with E-state index < -0.39 is 6.09 Å². The van der Waals surface area contributed by atoms with Gasteiger partial charge >= 0.3 is 6.09 Å². The number of fused-ring (bicyclic) bond motifs is 1. The Bertz CT molecular complexity index is 494. The van der Waals surface area contributed by atoms with Crippen molar-refractivity contribution < 1.29 is 14.3 Å². The van der Waals surface area contributed by atoms with Crippen LogP contribution in [0.1, 0.15) is 31.4 Å². The highest BCUT2D eigenvalue weighted by Crippen LogP contribution is 2.22. The van der Waals surface area contributed by atoms with E-state index in [4.69, 9.17) is 4.74 Å². The molecule has 0 atom stereocenters. The number of ether oxygens (including phenoxy) is 1. The van der Waals surface area contributed by atoms with Crippen LogP contribution in [0.2, 0.25) is 0 Å². The number of carbonyl (C=O) groups excluding carboxylic acids is 2. The van der Waals surface area contributed by atoms with E-state index in [-0.39, 0.29) is 5.78 Å². The number of aryl methyl sites for hydroxylation is 1. The molecule has 0 saturated carbocycles. The fourth-order valence-electron chi connectivity index (χ4n) is 2.08. The molecule has 19 heavy (non-hydrogen) atoms. The first-order valence-electron chi connectivity index (χ1n) is 6.62. The minimum atomic E-state index is -0.448. The molecule has 4 nitrogen and oxygen atoms in total. The third kappa shape index (κ3) is 3.81. The molecule has 1 aromatic carbocycles. The minimum Gasteiger partial charge on any atom is -0.449 e. The predicted molar refractivity (Wildman–Crippen MR) is 73.3 cm³/mol. The van der Waals surface area contributed by atoms with E-state index in [0.29, 0.717) is 31.1 Å². The molecule has 102 valence electrons. The average molecular weight is 261 g/mol.